The summed E-state index contributed by atoms with van der Waals surface area (Å²) in [5, 5.41) is 2.55. The van der Waals surface area contributed by atoms with Gasteiger partial charge in [-0.3, -0.25) is 19.3 Å². The summed E-state index contributed by atoms with van der Waals surface area (Å²) in [5.74, 6) is -1.11. The number of nitrogens with one attached hydrogen (secondary N) is 1. The minimum atomic E-state index is -1.05. The van der Waals surface area contributed by atoms with Crippen molar-refractivity contribution in [3.05, 3.63) is 29.8 Å². The fourth-order valence-electron chi connectivity index (χ4n) is 2.54. The van der Waals surface area contributed by atoms with Crippen LogP contribution in [0.1, 0.15) is 37.6 Å². The average Bonchev–Trinajstić information content (AvgIpc) is 2.84. The summed E-state index contributed by atoms with van der Waals surface area (Å²) in [7, 11) is 1.51. The van der Waals surface area contributed by atoms with E-state index in [-0.39, 0.29) is 0 Å². The van der Waals surface area contributed by atoms with Crippen LogP contribution in [-0.4, -0.2) is 53.9 Å². The van der Waals surface area contributed by atoms with Gasteiger partial charge in [0.05, 0.1) is 7.11 Å². The number of esters is 1. The first kappa shape index (κ1) is 19.4. The van der Waals surface area contributed by atoms with Crippen molar-refractivity contribution in [2.24, 2.45) is 0 Å². The number of hydrogen-bond donors (Lipinski definition) is 1. The first-order valence-corrected chi connectivity index (χ1v) is 8.23. The summed E-state index contributed by atoms with van der Waals surface area (Å²) >= 11 is 0. The number of benzene rings is 1. The molecular weight excluding hydrogens is 340 g/mol. The molecule has 8 heteroatoms. The summed E-state index contributed by atoms with van der Waals surface area (Å²) in [6, 6.07) is 5.73. The van der Waals surface area contributed by atoms with E-state index in [0.717, 1.165) is 4.90 Å². The van der Waals surface area contributed by atoms with Crippen molar-refractivity contribution in [1.82, 2.24) is 10.2 Å². The fraction of sp³-hybridized carbons (Fsp3) is 0.444. The monoisotopic (exact) mass is 362 g/mol. The third-order valence-electron chi connectivity index (χ3n) is 4.39. The van der Waals surface area contributed by atoms with Gasteiger partial charge in [0.15, 0.2) is 6.10 Å². The van der Waals surface area contributed by atoms with E-state index in [1.54, 1.807) is 38.1 Å². The molecule has 3 amide bonds. The van der Waals surface area contributed by atoms with Crippen molar-refractivity contribution in [2.45, 2.75) is 38.8 Å². The largest absolute Gasteiger partial charge is 0.497 e. The van der Waals surface area contributed by atoms with Crippen molar-refractivity contribution in [3.8, 4) is 5.75 Å². The fourth-order valence-corrected chi connectivity index (χ4v) is 2.54. The summed E-state index contributed by atoms with van der Waals surface area (Å²) in [6.45, 7) is 4.25. The van der Waals surface area contributed by atoms with E-state index in [1.807, 2.05) is 0 Å². The number of rotatable bonds is 7. The number of hydrogen-bond acceptors (Lipinski definition) is 6. The average molecular weight is 362 g/mol. The number of methoxy groups -OCH3 is 1. The second-order valence-corrected chi connectivity index (χ2v) is 6.23. The van der Waals surface area contributed by atoms with Gasteiger partial charge in [-0.15, -0.1) is 0 Å². The van der Waals surface area contributed by atoms with Gasteiger partial charge in [0.25, 0.3) is 5.91 Å². The molecule has 1 N–H and O–H groups in total. The number of carbonyl (C=O) groups is 4. The number of urea groups is 1. The van der Waals surface area contributed by atoms with Crippen molar-refractivity contribution >= 4 is 23.7 Å². The minimum Gasteiger partial charge on any atom is -0.497 e. The van der Waals surface area contributed by atoms with Gasteiger partial charge in [0, 0.05) is 5.56 Å². The van der Waals surface area contributed by atoms with Crippen LogP contribution in [0.3, 0.4) is 0 Å². The van der Waals surface area contributed by atoms with Crippen LogP contribution in [0.25, 0.3) is 0 Å². The summed E-state index contributed by atoms with van der Waals surface area (Å²) in [4.78, 5) is 49.4. The van der Waals surface area contributed by atoms with Crippen LogP contribution < -0.4 is 10.1 Å². The Hall–Kier alpha value is -2.90. The number of amides is 3. The van der Waals surface area contributed by atoms with Gasteiger partial charge in [0.2, 0.25) is 5.78 Å². The van der Waals surface area contributed by atoms with Crippen LogP contribution in [0, 0.1) is 0 Å². The minimum absolute atomic E-state index is 0.361. The Balaban J connectivity index is 1.97. The molecule has 0 unspecified atom stereocenters. The molecule has 0 aliphatic carbocycles. The molecule has 0 saturated carbocycles. The van der Waals surface area contributed by atoms with E-state index in [0.29, 0.717) is 17.7 Å². The molecule has 2 rings (SSSR count). The second kappa shape index (κ2) is 7.55. The molecule has 1 heterocycles. The van der Waals surface area contributed by atoms with Crippen LogP contribution in [0.4, 0.5) is 4.79 Å². The molecule has 0 aromatic heterocycles. The quantitative estimate of drug-likeness (QED) is 0.448. The molecule has 8 nitrogen and oxygen atoms in total. The normalized spacial score (nSPS) is 20.5. The van der Waals surface area contributed by atoms with Gasteiger partial charge in [-0.05, 0) is 44.5 Å². The zero-order valence-corrected chi connectivity index (χ0v) is 15.2. The predicted molar refractivity (Wildman–Crippen MR) is 91.8 cm³/mol. The lowest BCUT2D eigenvalue weighted by molar-refractivity contribution is -0.149. The number of imide groups is 1. The van der Waals surface area contributed by atoms with Gasteiger partial charge in [-0.2, -0.15) is 0 Å². The van der Waals surface area contributed by atoms with Crippen LogP contribution in [0.15, 0.2) is 24.3 Å². The molecule has 1 saturated heterocycles. The van der Waals surface area contributed by atoms with Gasteiger partial charge in [0.1, 0.15) is 17.8 Å². The van der Waals surface area contributed by atoms with Crippen molar-refractivity contribution in [2.75, 3.05) is 13.7 Å². The topological polar surface area (TPSA) is 102 Å². The molecule has 140 valence electrons. The van der Waals surface area contributed by atoms with E-state index >= 15 is 0 Å². The van der Waals surface area contributed by atoms with Crippen molar-refractivity contribution in [3.63, 3.8) is 0 Å². The maximum atomic E-state index is 12.3. The van der Waals surface area contributed by atoms with Gasteiger partial charge < -0.3 is 14.8 Å². The summed E-state index contributed by atoms with van der Waals surface area (Å²) < 4.78 is 10.1. The SMILES string of the molecule is CC[C@]1(C)NC(=O)N(CC(=O)O[C@H](C)C(=O)c2ccc(OC)cc2)C1=O. The standard InChI is InChI=1S/C18H22N2O6/c1-5-18(3)16(23)20(17(24)19-18)10-14(21)26-11(2)15(22)12-6-8-13(25-4)9-7-12/h6-9,11H,5,10H2,1-4H3,(H,19,24)/t11-,18+/m1/s1. The van der Waals surface area contributed by atoms with E-state index in [1.165, 1.54) is 14.0 Å². The molecule has 1 aliphatic heterocycles. The molecule has 0 spiro atoms. The Labute approximate surface area is 151 Å². The lowest BCUT2D eigenvalue weighted by Crippen LogP contribution is -2.43. The van der Waals surface area contributed by atoms with Crippen LogP contribution in [0.5, 0.6) is 5.75 Å². The number of nitrogens with zero attached hydrogens (tertiary/aromatic N) is 1. The maximum absolute atomic E-state index is 12.3. The van der Waals surface area contributed by atoms with E-state index < -0.39 is 41.9 Å². The van der Waals surface area contributed by atoms with E-state index in [2.05, 4.69) is 5.32 Å². The Morgan fingerprint density at radius 1 is 1.23 bits per heavy atom. The number of ether oxygens (including phenoxy) is 2. The van der Waals surface area contributed by atoms with Crippen molar-refractivity contribution < 1.29 is 28.7 Å². The smallest absolute Gasteiger partial charge is 0.326 e. The second-order valence-electron chi connectivity index (χ2n) is 6.23. The molecule has 1 aromatic carbocycles. The Bertz CT molecular complexity index is 730. The van der Waals surface area contributed by atoms with E-state index in [4.69, 9.17) is 9.47 Å². The highest BCUT2D eigenvalue weighted by molar-refractivity contribution is 6.08. The zero-order valence-electron chi connectivity index (χ0n) is 15.2. The summed E-state index contributed by atoms with van der Waals surface area (Å²) in [6.07, 6.45) is -0.649. The number of Topliss-reactive ketones (excluding diaryl/α,β-unsaturated/α-hetero) is 1. The van der Waals surface area contributed by atoms with Gasteiger partial charge in [-0.25, -0.2) is 4.79 Å². The number of carbonyl (C=O) groups excluding carboxylic acids is 4. The Kier molecular flexibility index (Phi) is 5.64. The molecule has 0 bridgehead atoms. The van der Waals surface area contributed by atoms with Gasteiger partial charge >= 0.3 is 12.0 Å². The third-order valence-corrected chi connectivity index (χ3v) is 4.39. The molecule has 26 heavy (non-hydrogen) atoms. The molecule has 1 aliphatic rings. The van der Waals surface area contributed by atoms with Crippen LogP contribution in [0.2, 0.25) is 0 Å². The van der Waals surface area contributed by atoms with Crippen LogP contribution >= 0.6 is 0 Å². The highest BCUT2D eigenvalue weighted by atomic mass is 16.5. The van der Waals surface area contributed by atoms with E-state index in [9.17, 15) is 19.2 Å². The summed E-state index contributed by atoms with van der Waals surface area (Å²) in [5.41, 5.74) is -0.665. The predicted octanol–water partition coefficient (Wildman–Crippen LogP) is 1.53. The molecule has 2 atom stereocenters. The number of ketones is 1. The Morgan fingerprint density at radius 2 is 1.85 bits per heavy atom. The third kappa shape index (κ3) is 3.84. The highest BCUT2D eigenvalue weighted by Crippen LogP contribution is 2.21. The van der Waals surface area contributed by atoms with Crippen molar-refractivity contribution in [1.29, 1.82) is 0 Å². The molecule has 0 radical (unpaired) electrons. The maximum Gasteiger partial charge on any atom is 0.326 e. The Morgan fingerprint density at radius 3 is 2.35 bits per heavy atom. The van der Waals surface area contributed by atoms with Gasteiger partial charge in [-0.1, -0.05) is 6.92 Å². The zero-order chi connectivity index (χ0) is 19.5. The highest BCUT2D eigenvalue weighted by Gasteiger charge is 2.47. The lowest BCUT2D eigenvalue weighted by Gasteiger charge is -2.19. The molecular formula is C18H22N2O6. The lowest BCUT2D eigenvalue weighted by atomic mass is 9.99. The molecule has 1 fully saturated rings. The first-order valence-electron chi connectivity index (χ1n) is 8.23. The van der Waals surface area contributed by atoms with Crippen LogP contribution in [-0.2, 0) is 14.3 Å². The molecule has 1 aromatic rings. The first-order chi connectivity index (χ1) is 12.2.